The van der Waals surface area contributed by atoms with Crippen LogP contribution in [0.1, 0.15) is 31.2 Å². The van der Waals surface area contributed by atoms with Crippen molar-refractivity contribution in [1.29, 1.82) is 0 Å². The van der Waals surface area contributed by atoms with E-state index in [1.54, 1.807) is 36.1 Å². The molecule has 3 aromatic rings. The van der Waals surface area contributed by atoms with Gasteiger partial charge in [-0.25, -0.2) is 9.78 Å². The van der Waals surface area contributed by atoms with E-state index < -0.39 is 17.8 Å². The van der Waals surface area contributed by atoms with Gasteiger partial charge >= 0.3 is 5.97 Å². The number of hydrogen-bond donors (Lipinski definition) is 0. The Bertz CT molecular complexity index is 984. The number of aromatic nitrogens is 4. The summed E-state index contributed by atoms with van der Waals surface area (Å²) < 4.78 is 3.13. The van der Waals surface area contributed by atoms with E-state index >= 15 is 0 Å². The molecule has 0 bridgehead atoms. The number of fused-ring (bicyclic) bond motifs is 1. The quantitative estimate of drug-likeness (QED) is 0.661. The monoisotopic (exact) mass is 337 g/mol. The zero-order valence-electron chi connectivity index (χ0n) is 13.0. The Morgan fingerprint density at radius 1 is 1.08 bits per heavy atom. The second kappa shape index (κ2) is 5.41. The van der Waals surface area contributed by atoms with Gasteiger partial charge in [0.25, 0.3) is 11.8 Å². The van der Waals surface area contributed by atoms with Crippen LogP contribution in [0.2, 0.25) is 0 Å². The summed E-state index contributed by atoms with van der Waals surface area (Å²) in [6.45, 7) is 0. The molecule has 1 aromatic carbocycles. The van der Waals surface area contributed by atoms with Gasteiger partial charge in [-0.1, -0.05) is 17.2 Å². The molecule has 0 N–H and O–H groups in total. The van der Waals surface area contributed by atoms with E-state index in [4.69, 9.17) is 4.84 Å². The summed E-state index contributed by atoms with van der Waals surface area (Å²) in [4.78, 5) is 45.5. The number of carbonyl (C=O) groups excluding carboxylic acids is 3. The standard InChI is InChI=1S/C16H11N5O4/c1-19-7-6-13(18-19)20-8-12(17-9-20)16(24)25-21-14(22)10-4-2-3-5-11(10)15(21)23/h2-9H,1H3. The zero-order chi connectivity index (χ0) is 17.6. The first kappa shape index (κ1) is 14.8. The molecular weight excluding hydrogens is 326 g/mol. The van der Waals surface area contributed by atoms with Gasteiger partial charge in [0, 0.05) is 25.5 Å². The van der Waals surface area contributed by atoms with Crippen molar-refractivity contribution in [2.75, 3.05) is 0 Å². The molecule has 9 heteroatoms. The third-order valence-corrected chi connectivity index (χ3v) is 3.69. The number of imide groups is 1. The molecule has 0 aliphatic carbocycles. The molecule has 0 unspecified atom stereocenters. The molecule has 124 valence electrons. The lowest BCUT2D eigenvalue weighted by Crippen LogP contribution is -2.32. The highest BCUT2D eigenvalue weighted by Crippen LogP contribution is 2.23. The Morgan fingerprint density at radius 2 is 1.76 bits per heavy atom. The minimum Gasteiger partial charge on any atom is -0.322 e. The van der Waals surface area contributed by atoms with E-state index in [0.29, 0.717) is 10.9 Å². The number of rotatable bonds is 3. The minimum absolute atomic E-state index is 0.0535. The first-order valence-electron chi connectivity index (χ1n) is 7.29. The SMILES string of the molecule is Cn1ccc(-n2cnc(C(=O)ON3C(=O)c4ccccc4C3=O)c2)n1. The molecule has 3 heterocycles. The topological polar surface area (TPSA) is 99.3 Å². The fraction of sp³-hybridized carbons (Fsp3) is 0.0625. The number of amides is 2. The maximum Gasteiger partial charge on any atom is 0.383 e. The highest BCUT2D eigenvalue weighted by atomic mass is 16.7. The van der Waals surface area contributed by atoms with E-state index in [2.05, 4.69) is 10.1 Å². The first-order chi connectivity index (χ1) is 12.0. The van der Waals surface area contributed by atoms with Crippen molar-refractivity contribution in [3.63, 3.8) is 0 Å². The second-order valence-corrected chi connectivity index (χ2v) is 5.34. The molecule has 2 amide bonds. The molecule has 25 heavy (non-hydrogen) atoms. The fourth-order valence-corrected chi connectivity index (χ4v) is 2.47. The number of carbonyl (C=O) groups is 3. The molecule has 0 atom stereocenters. The molecule has 0 saturated heterocycles. The van der Waals surface area contributed by atoms with Crippen LogP contribution in [0.5, 0.6) is 0 Å². The predicted octanol–water partition coefficient (Wildman–Crippen LogP) is 0.974. The highest BCUT2D eigenvalue weighted by Gasteiger charge is 2.39. The fourth-order valence-electron chi connectivity index (χ4n) is 2.47. The molecule has 9 nitrogen and oxygen atoms in total. The number of benzene rings is 1. The molecule has 1 aliphatic rings. The number of nitrogens with zero attached hydrogens (tertiary/aromatic N) is 5. The maximum absolute atomic E-state index is 12.2. The lowest BCUT2D eigenvalue weighted by Gasteiger charge is -2.11. The molecule has 0 fully saturated rings. The van der Waals surface area contributed by atoms with Crippen LogP contribution in [-0.4, -0.2) is 42.2 Å². The van der Waals surface area contributed by atoms with E-state index in [0.717, 1.165) is 0 Å². The van der Waals surface area contributed by atoms with Gasteiger partial charge < -0.3 is 4.84 Å². The molecule has 0 saturated carbocycles. The van der Waals surface area contributed by atoms with Gasteiger partial charge in [-0.05, 0) is 12.1 Å². The van der Waals surface area contributed by atoms with Crippen molar-refractivity contribution in [3.8, 4) is 5.82 Å². The summed E-state index contributed by atoms with van der Waals surface area (Å²) in [6.07, 6.45) is 4.54. The number of hydrogen-bond acceptors (Lipinski definition) is 6. The van der Waals surface area contributed by atoms with Gasteiger partial charge in [-0.3, -0.25) is 18.8 Å². The van der Waals surface area contributed by atoms with Crippen LogP contribution in [0, 0.1) is 0 Å². The van der Waals surface area contributed by atoms with Crippen LogP contribution >= 0.6 is 0 Å². The summed E-state index contributed by atoms with van der Waals surface area (Å²) in [5.41, 5.74) is 0.334. The Kier molecular flexibility index (Phi) is 3.21. The van der Waals surface area contributed by atoms with Crippen molar-refractivity contribution < 1.29 is 19.2 Å². The minimum atomic E-state index is -0.913. The third-order valence-electron chi connectivity index (χ3n) is 3.69. The van der Waals surface area contributed by atoms with E-state index in [1.165, 1.54) is 29.2 Å². The Labute approximate surface area is 141 Å². The number of aryl methyl sites for hydroxylation is 1. The smallest absolute Gasteiger partial charge is 0.322 e. The van der Waals surface area contributed by atoms with Crippen molar-refractivity contribution in [1.82, 2.24) is 24.4 Å². The van der Waals surface area contributed by atoms with Gasteiger partial charge in [0.1, 0.15) is 6.33 Å². The van der Waals surface area contributed by atoms with Crippen LogP contribution in [0.3, 0.4) is 0 Å². The van der Waals surface area contributed by atoms with Crippen LogP contribution in [0.25, 0.3) is 5.82 Å². The summed E-state index contributed by atoms with van der Waals surface area (Å²) >= 11 is 0. The van der Waals surface area contributed by atoms with Crippen molar-refractivity contribution in [2.24, 2.45) is 7.05 Å². The summed E-state index contributed by atoms with van der Waals surface area (Å²) in [5, 5.41) is 4.63. The molecule has 1 aliphatic heterocycles. The lowest BCUT2D eigenvalue weighted by molar-refractivity contribution is -0.0588. The van der Waals surface area contributed by atoms with Crippen molar-refractivity contribution in [3.05, 3.63) is 65.9 Å². The summed E-state index contributed by atoms with van der Waals surface area (Å²) in [7, 11) is 1.76. The Hall–Kier alpha value is -3.75. The van der Waals surface area contributed by atoms with E-state index in [1.807, 2.05) is 0 Å². The number of imidazole rings is 1. The van der Waals surface area contributed by atoms with Gasteiger partial charge in [0.15, 0.2) is 11.5 Å². The van der Waals surface area contributed by atoms with Crippen LogP contribution in [0.15, 0.2) is 49.1 Å². The molecule has 4 rings (SSSR count). The van der Waals surface area contributed by atoms with Gasteiger partial charge in [-0.15, -0.1) is 0 Å². The van der Waals surface area contributed by atoms with Crippen molar-refractivity contribution in [2.45, 2.75) is 0 Å². The lowest BCUT2D eigenvalue weighted by atomic mass is 10.1. The van der Waals surface area contributed by atoms with Gasteiger partial charge in [0.2, 0.25) is 0 Å². The highest BCUT2D eigenvalue weighted by molar-refractivity contribution is 6.21. The number of hydroxylamine groups is 2. The predicted molar refractivity (Wildman–Crippen MR) is 82.7 cm³/mol. The van der Waals surface area contributed by atoms with Gasteiger partial charge in [0.05, 0.1) is 11.1 Å². The first-order valence-corrected chi connectivity index (χ1v) is 7.29. The molecule has 0 spiro atoms. The second-order valence-electron chi connectivity index (χ2n) is 5.34. The molecule has 0 radical (unpaired) electrons. The van der Waals surface area contributed by atoms with Crippen LogP contribution < -0.4 is 0 Å². The zero-order valence-corrected chi connectivity index (χ0v) is 13.0. The average Bonchev–Trinajstić information content (AvgIpc) is 3.31. The van der Waals surface area contributed by atoms with E-state index in [-0.39, 0.29) is 16.8 Å². The van der Waals surface area contributed by atoms with Crippen LogP contribution in [0.4, 0.5) is 0 Å². The van der Waals surface area contributed by atoms with E-state index in [9.17, 15) is 14.4 Å². The molecular formula is C16H11N5O4. The average molecular weight is 337 g/mol. The Balaban J connectivity index is 1.55. The third kappa shape index (κ3) is 2.38. The summed E-state index contributed by atoms with van der Waals surface area (Å²) in [6, 6.07) is 7.99. The Morgan fingerprint density at radius 3 is 2.36 bits per heavy atom. The maximum atomic E-state index is 12.2. The largest absolute Gasteiger partial charge is 0.383 e. The van der Waals surface area contributed by atoms with Crippen molar-refractivity contribution >= 4 is 17.8 Å². The van der Waals surface area contributed by atoms with Crippen LogP contribution in [-0.2, 0) is 11.9 Å². The van der Waals surface area contributed by atoms with Gasteiger partial charge in [-0.2, -0.15) is 5.10 Å². The summed E-state index contributed by atoms with van der Waals surface area (Å²) in [5.74, 6) is -1.71. The molecule has 2 aromatic heterocycles. The normalized spacial score (nSPS) is 13.2.